The van der Waals surface area contributed by atoms with Crippen LogP contribution in [0.2, 0.25) is 5.15 Å². The molecule has 0 radical (unpaired) electrons. The van der Waals surface area contributed by atoms with Crippen LogP contribution in [0.25, 0.3) is 5.65 Å². The summed E-state index contributed by atoms with van der Waals surface area (Å²) in [6, 6.07) is 1.70. The molecule has 1 atom stereocenters. The number of ether oxygens (including phenoxy) is 1. The van der Waals surface area contributed by atoms with Crippen LogP contribution >= 0.6 is 11.6 Å². The first-order valence-electron chi connectivity index (χ1n) is 8.26. The van der Waals surface area contributed by atoms with Crippen molar-refractivity contribution in [3.05, 3.63) is 28.7 Å². The number of piperidine rings is 1. The molecule has 1 fully saturated rings. The summed E-state index contributed by atoms with van der Waals surface area (Å²) < 4.78 is 7.25. The minimum absolute atomic E-state index is 0.0894. The molecular formula is C17H23ClN4O2. The molecule has 0 saturated carbocycles. The van der Waals surface area contributed by atoms with E-state index in [0.29, 0.717) is 11.7 Å². The summed E-state index contributed by atoms with van der Waals surface area (Å²) in [5.74, 6) is 0. The van der Waals surface area contributed by atoms with Crippen molar-refractivity contribution in [2.24, 2.45) is 0 Å². The third-order valence-corrected chi connectivity index (χ3v) is 4.26. The molecule has 0 N–H and O–H groups in total. The highest BCUT2D eigenvalue weighted by molar-refractivity contribution is 6.29. The smallest absolute Gasteiger partial charge is 0.410 e. The third-order valence-electron chi connectivity index (χ3n) is 4.07. The van der Waals surface area contributed by atoms with Crippen molar-refractivity contribution in [3.63, 3.8) is 0 Å². The molecule has 0 bridgehead atoms. The Morgan fingerprint density at radius 2 is 2.12 bits per heavy atom. The van der Waals surface area contributed by atoms with Gasteiger partial charge in [0, 0.05) is 6.54 Å². The quantitative estimate of drug-likeness (QED) is 0.775. The molecular weight excluding hydrogens is 328 g/mol. The largest absolute Gasteiger partial charge is 0.444 e. The minimum atomic E-state index is -0.510. The SMILES string of the molecule is Cc1cc(Cl)nn2cc([C@@H]3CCCCN3C(=O)OC(C)(C)C)nc12. The number of aryl methyl sites for hydroxylation is 1. The molecule has 0 aromatic carbocycles. The Hall–Kier alpha value is -1.82. The van der Waals surface area contributed by atoms with Crippen LogP contribution in [0.5, 0.6) is 0 Å². The van der Waals surface area contributed by atoms with Crippen LogP contribution in [-0.2, 0) is 4.74 Å². The average molecular weight is 351 g/mol. The maximum absolute atomic E-state index is 12.6. The van der Waals surface area contributed by atoms with Crippen LogP contribution in [0.3, 0.4) is 0 Å². The standard InChI is InChI=1S/C17H23ClN4O2/c1-11-9-14(18)20-22-10-12(19-15(11)22)13-7-5-6-8-21(13)16(23)24-17(2,3)4/h9-10,13H,5-8H2,1-4H3/t13-/m0/s1. The van der Waals surface area contributed by atoms with Crippen molar-refractivity contribution in [1.29, 1.82) is 0 Å². The highest BCUT2D eigenvalue weighted by Crippen LogP contribution is 2.32. The van der Waals surface area contributed by atoms with Crippen LogP contribution in [0, 0.1) is 6.92 Å². The van der Waals surface area contributed by atoms with Gasteiger partial charge in [0.15, 0.2) is 5.65 Å². The van der Waals surface area contributed by atoms with Crippen LogP contribution in [0.15, 0.2) is 12.3 Å². The lowest BCUT2D eigenvalue weighted by Gasteiger charge is -2.35. The number of carbonyl (C=O) groups excluding carboxylic acids is 1. The molecule has 1 amide bonds. The fourth-order valence-electron chi connectivity index (χ4n) is 3.05. The van der Waals surface area contributed by atoms with E-state index in [9.17, 15) is 4.79 Å². The highest BCUT2D eigenvalue weighted by Gasteiger charge is 2.33. The summed E-state index contributed by atoms with van der Waals surface area (Å²) in [4.78, 5) is 19.0. The van der Waals surface area contributed by atoms with Crippen LogP contribution in [0.4, 0.5) is 4.79 Å². The zero-order valence-corrected chi connectivity index (χ0v) is 15.3. The Bertz CT molecular complexity index is 766. The van der Waals surface area contributed by atoms with Crippen LogP contribution < -0.4 is 0 Å². The second kappa shape index (κ2) is 6.24. The van der Waals surface area contributed by atoms with E-state index in [0.717, 1.165) is 36.2 Å². The van der Waals surface area contributed by atoms with Crippen LogP contribution in [-0.4, -0.2) is 37.7 Å². The van der Waals surface area contributed by atoms with Crippen molar-refractivity contribution >= 4 is 23.3 Å². The first-order valence-corrected chi connectivity index (χ1v) is 8.64. The fraction of sp³-hybridized carbons (Fsp3) is 0.588. The van der Waals surface area contributed by atoms with Gasteiger partial charge in [0.05, 0.1) is 17.9 Å². The minimum Gasteiger partial charge on any atom is -0.444 e. The number of aromatic nitrogens is 3. The number of hydrogen-bond donors (Lipinski definition) is 0. The van der Waals surface area contributed by atoms with Gasteiger partial charge in [0.1, 0.15) is 10.8 Å². The van der Waals surface area contributed by atoms with Crippen molar-refractivity contribution in [2.45, 2.75) is 58.6 Å². The van der Waals surface area contributed by atoms with E-state index in [2.05, 4.69) is 5.10 Å². The number of hydrogen-bond acceptors (Lipinski definition) is 4. The number of amides is 1. The molecule has 0 aliphatic carbocycles. The highest BCUT2D eigenvalue weighted by atomic mass is 35.5. The number of likely N-dealkylation sites (tertiary alicyclic amines) is 1. The Labute approximate surface area is 146 Å². The summed E-state index contributed by atoms with van der Waals surface area (Å²) in [6.07, 6.45) is 4.49. The second-order valence-corrected chi connectivity index (χ2v) is 7.66. The van der Waals surface area contributed by atoms with Gasteiger partial charge in [-0.15, -0.1) is 0 Å². The topological polar surface area (TPSA) is 59.7 Å². The van der Waals surface area contributed by atoms with Gasteiger partial charge in [-0.25, -0.2) is 14.3 Å². The molecule has 24 heavy (non-hydrogen) atoms. The number of fused-ring (bicyclic) bond motifs is 1. The average Bonchev–Trinajstić information content (AvgIpc) is 2.89. The lowest BCUT2D eigenvalue weighted by atomic mass is 10.0. The molecule has 0 unspecified atom stereocenters. The van der Waals surface area contributed by atoms with Gasteiger partial charge >= 0.3 is 6.09 Å². The Kier molecular flexibility index (Phi) is 4.42. The lowest BCUT2D eigenvalue weighted by Crippen LogP contribution is -2.42. The predicted octanol–water partition coefficient (Wildman–Crippen LogP) is 4.15. The zero-order valence-electron chi connectivity index (χ0n) is 14.5. The summed E-state index contributed by atoms with van der Waals surface area (Å²) in [6.45, 7) is 8.27. The van der Waals surface area contributed by atoms with E-state index in [1.54, 1.807) is 15.5 Å². The van der Waals surface area contributed by atoms with E-state index in [4.69, 9.17) is 21.3 Å². The van der Waals surface area contributed by atoms with Gasteiger partial charge in [0.2, 0.25) is 0 Å². The van der Waals surface area contributed by atoms with E-state index >= 15 is 0 Å². The third kappa shape index (κ3) is 3.48. The first kappa shape index (κ1) is 17.0. The van der Waals surface area contributed by atoms with Gasteiger partial charge in [0.25, 0.3) is 0 Å². The molecule has 1 saturated heterocycles. The predicted molar refractivity (Wildman–Crippen MR) is 92.3 cm³/mol. The molecule has 0 spiro atoms. The van der Waals surface area contributed by atoms with Gasteiger partial charge in [-0.2, -0.15) is 5.10 Å². The zero-order chi connectivity index (χ0) is 17.5. The van der Waals surface area contributed by atoms with Crippen molar-refractivity contribution in [3.8, 4) is 0 Å². The molecule has 2 aromatic heterocycles. The summed E-state index contributed by atoms with van der Waals surface area (Å²) in [5, 5.41) is 4.69. The molecule has 1 aliphatic rings. The van der Waals surface area contributed by atoms with E-state index in [1.807, 2.05) is 33.9 Å². The van der Waals surface area contributed by atoms with Crippen molar-refractivity contribution < 1.29 is 9.53 Å². The molecule has 130 valence electrons. The Morgan fingerprint density at radius 3 is 2.83 bits per heavy atom. The number of rotatable bonds is 1. The number of halogens is 1. The Balaban J connectivity index is 1.93. The number of nitrogens with zero attached hydrogens (tertiary/aromatic N) is 4. The Morgan fingerprint density at radius 1 is 1.38 bits per heavy atom. The molecule has 6 nitrogen and oxygen atoms in total. The van der Waals surface area contributed by atoms with Gasteiger partial charge < -0.3 is 4.74 Å². The fourth-order valence-corrected chi connectivity index (χ4v) is 3.29. The first-order chi connectivity index (χ1) is 11.2. The van der Waals surface area contributed by atoms with Gasteiger partial charge in [-0.3, -0.25) is 4.90 Å². The van der Waals surface area contributed by atoms with E-state index in [-0.39, 0.29) is 12.1 Å². The summed E-state index contributed by atoms with van der Waals surface area (Å²) in [7, 11) is 0. The molecule has 1 aliphatic heterocycles. The number of carbonyl (C=O) groups is 1. The summed E-state index contributed by atoms with van der Waals surface area (Å²) >= 11 is 6.03. The maximum Gasteiger partial charge on any atom is 0.410 e. The van der Waals surface area contributed by atoms with E-state index < -0.39 is 5.60 Å². The molecule has 3 rings (SSSR count). The molecule has 7 heteroatoms. The maximum atomic E-state index is 12.6. The molecule has 3 heterocycles. The number of imidazole rings is 1. The second-order valence-electron chi connectivity index (χ2n) is 7.27. The van der Waals surface area contributed by atoms with Crippen LogP contribution in [0.1, 0.15) is 57.3 Å². The van der Waals surface area contributed by atoms with Gasteiger partial charge in [-0.1, -0.05) is 11.6 Å². The monoisotopic (exact) mass is 350 g/mol. The molecule has 2 aromatic rings. The normalized spacial score (nSPS) is 18.9. The summed E-state index contributed by atoms with van der Waals surface area (Å²) in [5.41, 5.74) is 2.05. The lowest BCUT2D eigenvalue weighted by molar-refractivity contribution is 0.00906. The van der Waals surface area contributed by atoms with Crippen molar-refractivity contribution in [2.75, 3.05) is 6.54 Å². The van der Waals surface area contributed by atoms with E-state index in [1.165, 1.54) is 0 Å². The van der Waals surface area contributed by atoms with Crippen molar-refractivity contribution in [1.82, 2.24) is 19.5 Å². The van der Waals surface area contributed by atoms with Gasteiger partial charge in [-0.05, 0) is 58.6 Å².